The summed E-state index contributed by atoms with van der Waals surface area (Å²) in [5.41, 5.74) is 5.47. The van der Waals surface area contributed by atoms with Gasteiger partial charge in [0.2, 0.25) is 11.8 Å². The summed E-state index contributed by atoms with van der Waals surface area (Å²) in [4.78, 5) is 34.7. The van der Waals surface area contributed by atoms with Crippen molar-refractivity contribution in [2.75, 3.05) is 18.6 Å². The Morgan fingerprint density at radius 3 is 2.48 bits per heavy atom. The fraction of sp³-hybridized carbons (Fsp3) is 0.357. The van der Waals surface area contributed by atoms with Gasteiger partial charge in [0, 0.05) is 5.56 Å². The highest BCUT2D eigenvalue weighted by molar-refractivity contribution is 7.98. The minimum absolute atomic E-state index is 0.240. The van der Waals surface area contributed by atoms with Gasteiger partial charge in [0.1, 0.15) is 6.04 Å². The largest absolute Gasteiger partial charge is 0.368 e. The van der Waals surface area contributed by atoms with E-state index >= 15 is 0 Å². The van der Waals surface area contributed by atoms with E-state index in [2.05, 4.69) is 10.6 Å². The van der Waals surface area contributed by atoms with Crippen molar-refractivity contribution in [1.82, 2.24) is 10.6 Å². The first-order valence-electron chi connectivity index (χ1n) is 6.45. The van der Waals surface area contributed by atoms with Gasteiger partial charge in [-0.15, -0.1) is 0 Å². The lowest BCUT2D eigenvalue weighted by Gasteiger charge is -2.17. The van der Waals surface area contributed by atoms with E-state index in [0.717, 1.165) is 0 Å². The number of rotatable bonds is 8. The minimum atomic E-state index is -0.690. The third-order valence-electron chi connectivity index (χ3n) is 2.71. The third-order valence-corrected chi connectivity index (χ3v) is 3.35. The van der Waals surface area contributed by atoms with Crippen molar-refractivity contribution >= 4 is 29.5 Å². The van der Waals surface area contributed by atoms with Gasteiger partial charge in [-0.25, -0.2) is 0 Å². The number of nitrogens with one attached hydrogen (secondary N) is 2. The SMILES string of the molecule is CSCC[C@@H](NC(=O)c1ccccc1)C(=O)NCC(N)=O. The Kier molecular flexibility index (Phi) is 7.31. The van der Waals surface area contributed by atoms with Gasteiger partial charge in [0.05, 0.1) is 6.54 Å². The first kappa shape index (κ1) is 17.0. The second-order valence-electron chi connectivity index (χ2n) is 4.36. The zero-order chi connectivity index (χ0) is 15.7. The van der Waals surface area contributed by atoms with Gasteiger partial charge < -0.3 is 16.4 Å². The van der Waals surface area contributed by atoms with Crippen LogP contribution in [0, 0.1) is 0 Å². The number of primary amides is 1. The fourth-order valence-electron chi connectivity index (χ4n) is 1.63. The molecule has 1 atom stereocenters. The van der Waals surface area contributed by atoms with Crippen LogP contribution in [0.1, 0.15) is 16.8 Å². The monoisotopic (exact) mass is 309 g/mol. The third kappa shape index (κ3) is 6.31. The van der Waals surface area contributed by atoms with E-state index < -0.39 is 17.9 Å². The number of amides is 3. The van der Waals surface area contributed by atoms with E-state index in [1.165, 1.54) is 0 Å². The molecule has 0 aliphatic carbocycles. The number of hydrogen-bond acceptors (Lipinski definition) is 4. The Morgan fingerprint density at radius 1 is 1.24 bits per heavy atom. The first-order chi connectivity index (χ1) is 10.0. The molecule has 0 spiro atoms. The molecule has 3 amide bonds. The minimum Gasteiger partial charge on any atom is -0.368 e. The highest BCUT2D eigenvalue weighted by Gasteiger charge is 2.21. The fourth-order valence-corrected chi connectivity index (χ4v) is 2.10. The lowest BCUT2D eigenvalue weighted by Crippen LogP contribution is -2.48. The van der Waals surface area contributed by atoms with Gasteiger partial charge in [-0.1, -0.05) is 18.2 Å². The average molecular weight is 309 g/mol. The molecule has 0 heterocycles. The summed E-state index contributed by atoms with van der Waals surface area (Å²) in [5.74, 6) is -0.645. The molecule has 21 heavy (non-hydrogen) atoms. The molecule has 114 valence electrons. The maximum atomic E-state index is 12.1. The second kappa shape index (κ2) is 9.02. The van der Waals surface area contributed by atoms with Crippen molar-refractivity contribution in [2.24, 2.45) is 5.73 Å². The van der Waals surface area contributed by atoms with Crippen molar-refractivity contribution in [3.05, 3.63) is 35.9 Å². The number of carbonyl (C=O) groups is 3. The summed E-state index contributed by atoms with van der Waals surface area (Å²) in [5, 5.41) is 5.09. The van der Waals surface area contributed by atoms with Crippen LogP contribution in [0.3, 0.4) is 0 Å². The van der Waals surface area contributed by atoms with E-state index in [4.69, 9.17) is 5.73 Å². The maximum Gasteiger partial charge on any atom is 0.251 e. The molecule has 1 aromatic carbocycles. The lowest BCUT2D eigenvalue weighted by atomic mass is 10.1. The summed E-state index contributed by atoms with van der Waals surface area (Å²) >= 11 is 1.57. The molecule has 0 aliphatic heterocycles. The maximum absolute atomic E-state index is 12.1. The molecular weight excluding hydrogens is 290 g/mol. The summed E-state index contributed by atoms with van der Waals surface area (Å²) in [6.45, 7) is -0.240. The van der Waals surface area contributed by atoms with Gasteiger partial charge in [0.25, 0.3) is 5.91 Å². The molecule has 0 saturated carbocycles. The Bertz CT molecular complexity index is 493. The molecule has 4 N–H and O–H groups in total. The van der Waals surface area contributed by atoms with Crippen molar-refractivity contribution in [1.29, 1.82) is 0 Å². The predicted octanol–water partition coefficient (Wildman–Crippen LogP) is 0.140. The predicted molar refractivity (Wildman–Crippen MR) is 82.9 cm³/mol. The quantitative estimate of drug-likeness (QED) is 0.636. The van der Waals surface area contributed by atoms with Crippen LogP contribution in [0.4, 0.5) is 0 Å². The first-order valence-corrected chi connectivity index (χ1v) is 7.85. The second-order valence-corrected chi connectivity index (χ2v) is 5.34. The van der Waals surface area contributed by atoms with E-state index in [1.54, 1.807) is 36.0 Å². The number of carbonyl (C=O) groups excluding carboxylic acids is 3. The van der Waals surface area contributed by atoms with Crippen LogP contribution in [0.2, 0.25) is 0 Å². The Labute approximate surface area is 127 Å². The molecule has 1 aromatic rings. The summed E-state index contributed by atoms with van der Waals surface area (Å²) in [7, 11) is 0. The molecule has 0 bridgehead atoms. The molecule has 7 heteroatoms. The van der Waals surface area contributed by atoms with Crippen molar-refractivity contribution in [2.45, 2.75) is 12.5 Å². The van der Waals surface area contributed by atoms with E-state index in [1.807, 2.05) is 12.3 Å². The number of benzene rings is 1. The van der Waals surface area contributed by atoms with E-state index in [0.29, 0.717) is 17.7 Å². The van der Waals surface area contributed by atoms with Gasteiger partial charge in [0.15, 0.2) is 0 Å². The molecule has 0 unspecified atom stereocenters. The smallest absolute Gasteiger partial charge is 0.251 e. The van der Waals surface area contributed by atoms with E-state index in [-0.39, 0.29) is 12.5 Å². The topological polar surface area (TPSA) is 101 Å². The molecule has 6 nitrogen and oxygen atoms in total. The Hall–Kier alpha value is -2.02. The Morgan fingerprint density at radius 2 is 1.90 bits per heavy atom. The average Bonchev–Trinajstić information content (AvgIpc) is 2.49. The molecule has 0 aromatic heterocycles. The molecule has 0 fully saturated rings. The van der Waals surface area contributed by atoms with Crippen LogP contribution >= 0.6 is 11.8 Å². The van der Waals surface area contributed by atoms with Crippen molar-refractivity contribution in [3.63, 3.8) is 0 Å². The van der Waals surface area contributed by atoms with Gasteiger partial charge in [-0.2, -0.15) is 11.8 Å². The van der Waals surface area contributed by atoms with Crippen LogP contribution in [-0.2, 0) is 9.59 Å². The van der Waals surface area contributed by atoms with Gasteiger partial charge in [-0.3, -0.25) is 14.4 Å². The van der Waals surface area contributed by atoms with Gasteiger partial charge >= 0.3 is 0 Å². The summed E-state index contributed by atoms with van der Waals surface area (Å²) < 4.78 is 0. The van der Waals surface area contributed by atoms with Crippen molar-refractivity contribution < 1.29 is 14.4 Å². The Balaban J connectivity index is 2.66. The van der Waals surface area contributed by atoms with Gasteiger partial charge in [-0.05, 0) is 30.6 Å². The van der Waals surface area contributed by atoms with E-state index in [9.17, 15) is 14.4 Å². The van der Waals surface area contributed by atoms with Crippen LogP contribution in [0.25, 0.3) is 0 Å². The molecule has 0 saturated heterocycles. The summed E-state index contributed by atoms with van der Waals surface area (Å²) in [6, 6.07) is 7.95. The van der Waals surface area contributed by atoms with Crippen LogP contribution in [0.15, 0.2) is 30.3 Å². The van der Waals surface area contributed by atoms with Crippen molar-refractivity contribution in [3.8, 4) is 0 Å². The number of hydrogen-bond donors (Lipinski definition) is 3. The molecule has 1 rings (SSSR count). The van der Waals surface area contributed by atoms with Crippen LogP contribution < -0.4 is 16.4 Å². The van der Waals surface area contributed by atoms with Crippen LogP contribution in [0.5, 0.6) is 0 Å². The summed E-state index contributed by atoms with van der Waals surface area (Å²) in [6.07, 6.45) is 2.39. The standard InChI is InChI=1S/C14H19N3O3S/c1-21-8-7-11(14(20)16-9-12(15)18)17-13(19)10-5-3-2-4-6-10/h2-6,11H,7-9H2,1H3,(H2,15,18)(H,16,20)(H,17,19)/t11-/m1/s1. The lowest BCUT2D eigenvalue weighted by molar-refractivity contribution is -0.126. The molecule has 0 radical (unpaired) electrons. The highest BCUT2D eigenvalue weighted by Crippen LogP contribution is 2.04. The normalized spacial score (nSPS) is 11.5. The number of nitrogens with two attached hydrogens (primary N) is 1. The zero-order valence-electron chi connectivity index (χ0n) is 11.8. The molecule has 0 aliphatic rings. The number of thioether (sulfide) groups is 1. The zero-order valence-corrected chi connectivity index (χ0v) is 12.6. The molecular formula is C14H19N3O3S. The highest BCUT2D eigenvalue weighted by atomic mass is 32.2. The van der Waals surface area contributed by atoms with Crippen LogP contribution in [-0.4, -0.2) is 42.3 Å².